The number of nitrogens with zero attached hydrogens (tertiary/aromatic N) is 2. The Morgan fingerprint density at radius 3 is 2.80 bits per heavy atom. The van der Waals surface area contributed by atoms with Gasteiger partial charge in [-0.1, -0.05) is 6.42 Å². The first-order chi connectivity index (χ1) is 9.31. The molecular formula is C13H24N4O2S. The molecule has 0 radical (unpaired) electrons. The highest BCUT2D eigenvalue weighted by Crippen LogP contribution is 2.24. The van der Waals surface area contributed by atoms with Crippen molar-refractivity contribution in [2.45, 2.75) is 56.5 Å². The topological polar surface area (TPSA) is 78.1 Å². The minimum atomic E-state index is -3.44. The maximum atomic E-state index is 12.6. The molecule has 2 N–H and O–H groups in total. The first-order valence-electron chi connectivity index (χ1n) is 7.06. The lowest BCUT2D eigenvalue weighted by atomic mass is 10.0. The van der Waals surface area contributed by atoms with Crippen LogP contribution < -0.4 is 5.32 Å². The van der Waals surface area contributed by atoms with Gasteiger partial charge in [0.1, 0.15) is 4.90 Å². The van der Waals surface area contributed by atoms with Crippen molar-refractivity contribution >= 4 is 10.0 Å². The van der Waals surface area contributed by atoms with Crippen molar-refractivity contribution in [1.82, 2.24) is 19.8 Å². The number of hydrogen-bond donors (Lipinski definition) is 2. The van der Waals surface area contributed by atoms with Crippen LogP contribution in [0.2, 0.25) is 0 Å². The molecular weight excluding hydrogens is 276 g/mol. The lowest BCUT2D eigenvalue weighted by Crippen LogP contribution is -2.51. The number of piperidine rings is 1. The van der Waals surface area contributed by atoms with E-state index in [1.54, 1.807) is 4.31 Å². The number of aromatic nitrogens is 2. The molecule has 7 heteroatoms. The molecule has 1 aromatic heterocycles. The zero-order chi connectivity index (χ0) is 14.8. The van der Waals surface area contributed by atoms with E-state index in [1.807, 2.05) is 0 Å². The van der Waals surface area contributed by atoms with Crippen molar-refractivity contribution in [3.8, 4) is 0 Å². The van der Waals surface area contributed by atoms with Gasteiger partial charge in [-0.3, -0.25) is 5.10 Å². The Morgan fingerprint density at radius 2 is 2.20 bits per heavy atom. The lowest BCUT2D eigenvalue weighted by molar-refractivity contribution is 0.231. The molecule has 0 saturated carbocycles. The predicted molar refractivity (Wildman–Crippen MR) is 77.9 cm³/mol. The van der Waals surface area contributed by atoms with Crippen LogP contribution in [0.15, 0.2) is 17.3 Å². The highest BCUT2D eigenvalue weighted by Gasteiger charge is 2.34. The monoisotopic (exact) mass is 300 g/mol. The third-order valence-electron chi connectivity index (χ3n) is 3.52. The SMILES string of the molecule is CC(C)(C)NCC1CCCCN1S(=O)(=O)c1cn[nH]c1. The van der Waals surface area contributed by atoms with Crippen LogP contribution in [0.5, 0.6) is 0 Å². The van der Waals surface area contributed by atoms with Crippen LogP contribution in [0.4, 0.5) is 0 Å². The van der Waals surface area contributed by atoms with Crippen LogP contribution in [0, 0.1) is 0 Å². The highest BCUT2D eigenvalue weighted by atomic mass is 32.2. The number of H-pyrrole nitrogens is 1. The summed E-state index contributed by atoms with van der Waals surface area (Å²) in [4.78, 5) is 0.250. The van der Waals surface area contributed by atoms with E-state index in [2.05, 4.69) is 36.3 Å². The van der Waals surface area contributed by atoms with E-state index < -0.39 is 10.0 Å². The smallest absolute Gasteiger partial charge is 0.246 e. The molecule has 20 heavy (non-hydrogen) atoms. The van der Waals surface area contributed by atoms with Gasteiger partial charge in [-0.2, -0.15) is 9.40 Å². The predicted octanol–water partition coefficient (Wildman–Crippen LogP) is 1.34. The van der Waals surface area contributed by atoms with Crippen molar-refractivity contribution in [2.24, 2.45) is 0 Å². The van der Waals surface area contributed by atoms with Gasteiger partial charge in [-0.05, 0) is 33.6 Å². The summed E-state index contributed by atoms with van der Waals surface area (Å²) < 4.78 is 26.9. The van der Waals surface area contributed by atoms with E-state index in [9.17, 15) is 8.42 Å². The molecule has 6 nitrogen and oxygen atoms in total. The third-order valence-corrected chi connectivity index (χ3v) is 5.44. The molecule has 1 unspecified atom stereocenters. The summed E-state index contributed by atoms with van der Waals surface area (Å²) in [6, 6.07) is 0.0166. The minimum Gasteiger partial charge on any atom is -0.310 e. The molecule has 1 aromatic rings. The summed E-state index contributed by atoms with van der Waals surface area (Å²) in [5.41, 5.74) is -0.0114. The second-order valence-corrected chi connectivity index (χ2v) is 8.22. The van der Waals surface area contributed by atoms with E-state index in [0.29, 0.717) is 13.1 Å². The average Bonchev–Trinajstić information content (AvgIpc) is 2.90. The van der Waals surface area contributed by atoms with Gasteiger partial charge in [0.2, 0.25) is 10.0 Å². The summed E-state index contributed by atoms with van der Waals surface area (Å²) in [7, 11) is -3.44. The molecule has 2 heterocycles. The number of nitrogens with one attached hydrogen (secondary N) is 2. The maximum absolute atomic E-state index is 12.6. The van der Waals surface area contributed by atoms with Crippen molar-refractivity contribution in [2.75, 3.05) is 13.1 Å². The van der Waals surface area contributed by atoms with Gasteiger partial charge in [0, 0.05) is 30.9 Å². The molecule has 1 aliphatic rings. The Kier molecular flexibility index (Phi) is 4.51. The van der Waals surface area contributed by atoms with Gasteiger partial charge in [0.05, 0.1) is 6.20 Å². The van der Waals surface area contributed by atoms with E-state index in [-0.39, 0.29) is 16.5 Å². The van der Waals surface area contributed by atoms with E-state index >= 15 is 0 Å². The molecule has 1 atom stereocenters. The number of sulfonamides is 1. The van der Waals surface area contributed by atoms with Crippen LogP contribution in [0.25, 0.3) is 0 Å². The van der Waals surface area contributed by atoms with Gasteiger partial charge in [0.15, 0.2) is 0 Å². The van der Waals surface area contributed by atoms with E-state index in [0.717, 1.165) is 19.3 Å². The summed E-state index contributed by atoms with van der Waals surface area (Å²) in [5, 5.41) is 9.73. The molecule has 1 fully saturated rings. The zero-order valence-electron chi connectivity index (χ0n) is 12.4. The second kappa shape index (κ2) is 5.83. The summed E-state index contributed by atoms with van der Waals surface area (Å²) in [5.74, 6) is 0. The van der Waals surface area contributed by atoms with Crippen molar-refractivity contribution in [3.05, 3.63) is 12.4 Å². The Morgan fingerprint density at radius 1 is 1.45 bits per heavy atom. The fourth-order valence-corrected chi connectivity index (χ4v) is 4.03. The fraction of sp³-hybridized carbons (Fsp3) is 0.769. The van der Waals surface area contributed by atoms with Gasteiger partial charge < -0.3 is 5.32 Å². The zero-order valence-corrected chi connectivity index (χ0v) is 13.2. The number of aromatic amines is 1. The van der Waals surface area contributed by atoms with Crippen LogP contribution in [-0.2, 0) is 10.0 Å². The molecule has 114 valence electrons. The van der Waals surface area contributed by atoms with Gasteiger partial charge in [-0.15, -0.1) is 0 Å². The third kappa shape index (κ3) is 3.59. The Bertz CT molecular complexity index is 519. The summed E-state index contributed by atoms with van der Waals surface area (Å²) in [6.07, 6.45) is 5.72. The first-order valence-corrected chi connectivity index (χ1v) is 8.50. The average molecular weight is 300 g/mol. The molecule has 0 spiro atoms. The van der Waals surface area contributed by atoms with Crippen LogP contribution in [0.3, 0.4) is 0 Å². The second-order valence-electron chi connectivity index (χ2n) is 6.33. The molecule has 1 saturated heterocycles. The lowest BCUT2D eigenvalue weighted by Gasteiger charge is -2.36. The van der Waals surface area contributed by atoms with Gasteiger partial charge in [0.25, 0.3) is 0 Å². The largest absolute Gasteiger partial charge is 0.310 e. The molecule has 0 aliphatic carbocycles. The molecule has 1 aliphatic heterocycles. The summed E-state index contributed by atoms with van der Waals surface area (Å²) in [6.45, 7) is 7.53. The Balaban J connectivity index is 2.15. The summed E-state index contributed by atoms with van der Waals surface area (Å²) >= 11 is 0. The first kappa shape index (κ1) is 15.5. The quantitative estimate of drug-likeness (QED) is 0.879. The van der Waals surface area contributed by atoms with Crippen LogP contribution in [-0.4, -0.2) is 47.6 Å². The van der Waals surface area contributed by atoms with Crippen molar-refractivity contribution < 1.29 is 8.42 Å². The van der Waals surface area contributed by atoms with Gasteiger partial charge >= 0.3 is 0 Å². The van der Waals surface area contributed by atoms with E-state index in [4.69, 9.17) is 0 Å². The maximum Gasteiger partial charge on any atom is 0.246 e. The highest BCUT2D eigenvalue weighted by molar-refractivity contribution is 7.89. The Labute approximate surface area is 121 Å². The molecule has 0 bridgehead atoms. The van der Waals surface area contributed by atoms with Crippen molar-refractivity contribution in [1.29, 1.82) is 0 Å². The molecule has 2 rings (SSSR count). The molecule has 0 aromatic carbocycles. The van der Waals surface area contributed by atoms with Gasteiger partial charge in [-0.25, -0.2) is 8.42 Å². The number of hydrogen-bond acceptors (Lipinski definition) is 4. The minimum absolute atomic E-state index is 0.0114. The fourth-order valence-electron chi connectivity index (χ4n) is 2.43. The Hall–Kier alpha value is -0.920. The standard InChI is InChI=1S/C13H24N4O2S/c1-13(2,3)14-8-11-6-4-5-7-17(11)20(18,19)12-9-15-16-10-12/h9-11,14H,4-8H2,1-3H3,(H,15,16). The van der Waals surface area contributed by atoms with E-state index in [1.165, 1.54) is 12.4 Å². The van der Waals surface area contributed by atoms with Crippen LogP contribution in [0.1, 0.15) is 40.0 Å². The van der Waals surface area contributed by atoms with Crippen molar-refractivity contribution in [3.63, 3.8) is 0 Å². The molecule has 0 amide bonds. The normalized spacial score (nSPS) is 22.1. The number of rotatable bonds is 4. The van der Waals surface area contributed by atoms with Crippen LogP contribution >= 0.6 is 0 Å².